The van der Waals surface area contributed by atoms with E-state index in [0.717, 1.165) is 38.8 Å². The molecule has 0 amide bonds. The van der Waals surface area contributed by atoms with Gasteiger partial charge < -0.3 is 10.6 Å². The summed E-state index contributed by atoms with van der Waals surface area (Å²) in [5, 5.41) is 29.9. The van der Waals surface area contributed by atoms with Crippen LogP contribution in [-0.2, 0) is 11.1 Å². The molecule has 2 rings (SSSR count). The Balaban J connectivity index is 1.57. The van der Waals surface area contributed by atoms with Crippen LogP contribution in [0.3, 0.4) is 0 Å². The Morgan fingerprint density at radius 3 is 1.62 bits per heavy atom. The second kappa shape index (κ2) is 8.97. The zero-order valence-corrected chi connectivity index (χ0v) is 16.7. The molecule has 0 unspecified atom stereocenters. The SMILES string of the molecule is CC(C)(CCCNC(=S)NCCCC(C)(C)n1cnnn1)n1cnnn1. The third-order valence-corrected chi connectivity index (χ3v) is 4.73. The second-order valence-corrected chi connectivity index (χ2v) is 7.93. The van der Waals surface area contributed by atoms with E-state index in [0.29, 0.717) is 5.11 Å². The molecule has 2 N–H and O–H groups in total. The summed E-state index contributed by atoms with van der Waals surface area (Å²) in [6.45, 7) is 10.1. The van der Waals surface area contributed by atoms with Crippen LogP contribution in [0.2, 0.25) is 0 Å². The molecule has 0 saturated heterocycles. The van der Waals surface area contributed by atoms with E-state index >= 15 is 0 Å². The first-order valence-electron chi connectivity index (χ1n) is 8.80. The van der Waals surface area contributed by atoms with Gasteiger partial charge in [-0.3, -0.25) is 0 Å². The fraction of sp³-hybridized carbons (Fsp3) is 0.800. The van der Waals surface area contributed by atoms with E-state index in [1.165, 1.54) is 0 Å². The number of rotatable bonds is 10. The lowest BCUT2D eigenvalue weighted by molar-refractivity contribution is 0.281. The lowest BCUT2D eigenvalue weighted by atomic mass is 9.99. The van der Waals surface area contributed by atoms with Gasteiger partial charge in [0.1, 0.15) is 12.7 Å². The molecular formula is C15H28N10S. The highest BCUT2D eigenvalue weighted by Gasteiger charge is 2.21. The van der Waals surface area contributed by atoms with Crippen molar-refractivity contribution in [3.63, 3.8) is 0 Å². The summed E-state index contributed by atoms with van der Waals surface area (Å²) in [6.07, 6.45) is 7.15. The fourth-order valence-electron chi connectivity index (χ4n) is 2.61. The van der Waals surface area contributed by atoms with Gasteiger partial charge in [-0.25, -0.2) is 9.36 Å². The third kappa shape index (κ3) is 5.97. The molecule has 2 heterocycles. The van der Waals surface area contributed by atoms with Crippen molar-refractivity contribution < 1.29 is 0 Å². The summed E-state index contributed by atoms with van der Waals surface area (Å²) >= 11 is 5.33. The van der Waals surface area contributed by atoms with Crippen molar-refractivity contribution in [3.05, 3.63) is 12.7 Å². The molecule has 26 heavy (non-hydrogen) atoms. The minimum absolute atomic E-state index is 0.109. The lowest BCUT2D eigenvalue weighted by Crippen LogP contribution is -2.37. The average molecular weight is 381 g/mol. The van der Waals surface area contributed by atoms with Gasteiger partial charge >= 0.3 is 0 Å². The third-order valence-electron chi connectivity index (χ3n) is 4.44. The summed E-state index contributed by atoms with van der Waals surface area (Å²) in [4.78, 5) is 0. The Labute approximate surface area is 159 Å². The Bertz CT molecular complexity index is 594. The van der Waals surface area contributed by atoms with Crippen molar-refractivity contribution in [2.45, 2.75) is 64.5 Å². The van der Waals surface area contributed by atoms with E-state index < -0.39 is 0 Å². The van der Waals surface area contributed by atoms with Crippen LogP contribution in [0.15, 0.2) is 12.7 Å². The quantitative estimate of drug-likeness (QED) is 0.458. The first kappa shape index (κ1) is 20.1. The van der Waals surface area contributed by atoms with Crippen LogP contribution in [0.25, 0.3) is 0 Å². The predicted octanol–water partition coefficient (Wildman–Crippen LogP) is 0.855. The number of thiocarbonyl (C=S) groups is 1. The van der Waals surface area contributed by atoms with E-state index in [9.17, 15) is 0 Å². The maximum Gasteiger partial charge on any atom is 0.166 e. The minimum Gasteiger partial charge on any atom is -0.363 e. The molecule has 0 spiro atoms. The number of nitrogens with one attached hydrogen (secondary N) is 2. The molecule has 0 bridgehead atoms. The zero-order valence-electron chi connectivity index (χ0n) is 15.9. The molecule has 144 valence electrons. The first-order chi connectivity index (χ1) is 12.3. The van der Waals surface area contributed by atoms with Gasteiger partial charge in [0.15, 0.2) is 5.11 Å². The van der Waals surface area contributed by atoms with Crippen LogP contribution in [0, 0.1) is 0 Å². The highest BCUT2D eigenvalue weighted by atomic mass is 32.1. The molecule has 0 aliphatic rings. The van der Waals surface area contributed by atoms with Crippen LogP contribution < -0.4 is 10.6 Å². The minimum atomic E-state index is -0.109. The summed E-state index contributed by atoms with van der Waals surface area (Å²) in [5.41, 5.74) is -0.218. The molecular weight excluding hydrogens is 352 g/mol. The fourth-order valence-corrected chi connectivity index (χ4v) is 2.82. The highest BCUT2D eigenvalue weighted by Crippen LogP contribution is 2.19. The van der Waals surface area contributed by atoms with Crippen LogP contribution in [0.4, 0.5) is 0 Å². The second-order valence-electron chi connectivity index (χ2n) is 7.52. The maximum atomic E-state index is 5.33. The molecule has 2 aromatic heterocycles. The molecule has 0 aliphatic carbocycles. The number of aromatic nitrogens is 8. The van der Waals surface area contributed by atoms with E-state index in [1.54, 1.807) is 22.0 Å². The lowest BCUT2D eigenvalue weighted by Gasteiger charge is -2.24. The number of hydrogen-bond donors (Lipinski definition) is 2. The van der Waals surface area contributed by atoms with E-state index in [4.69, 9.17) is 12.2 Å². The number of nitrogens with zero attached hydrogens (tertiary/aromatic N) is 8. The molecule has 10 nitrogen and oxygen atoms in total. The summed E-state index contributed by atoms with van der Waals surface area (Å²) in [5.74, 6) is 0. The Hall–Kier alpha value is -2.17. The van der Waals surface area contributed by atoms with Crippen molar-refractivity contribution >= 4 is 17.3 Å². The van der Waals surface area contributed by atoms with Crippen LogP contribution in [0.1, 0.15) is 53.4 Å². The van der Waals surface area contributed by atoms with Crippen LogP contribution in [0.5, 0.6) is 0 Å². The van der Waals surface area contributed by atoms with Gasteiger partial charge in [-0.2, -0.15) is 0 Å². The van der Waals surface area contributed by atoms with Crippen LogP contribution in [-0.4, -0.2) is 58.6 Å². The molecule has 2 aromatic rings. The standard InChI is InChI=1S/C15H28N10S/c1-14(2,24-11-18-20-22-24)7-5-9-16-13(26)17-10-6-8-15(3,4)25-12-19-21-23-25/h11-12H,5-10H2,1-4H3,(H2,16,17,26). The molecule has 0 saturated carbocycles. The monoisotopic (exact) mass is 380 g/mol. The Kier molecular flexibility index (Phi) is 6.95. The molecule has 0 fully saturated rings. The van der Waals surface area contributed by atoms with Gasteiger partial charge in [-0.1, -0.05) is 0 Å². The largest absolute Gasteiger partial charge is 0.363 e. The van der Waals surface area contributed by atoms with E-state index in [1.807, 2.05) is 0 Å². The van der Waals surface area contributed by atoms with Crippen molar-refractivity contribution in [2.75, 3.05) is 13.1 Å². The van der Waals surface area contributed by atoms with Crippen molar-refractivity contribution in [1.82, 2.24) is 51.0 Å². The van der Waals surface area contributed by atoms with Crippen molar-refractivity contribution in [1.29, 1.82) is 0 Å². The van der Waals surface area contributed by atoms with Gasteiger partial charge in [-0.15, -0.1) is 10.2 Å². The normalized spacial score (nSPS) is 12.2. The summed E-state index contributed by atoms with van der Waals surface area (Å²) in [6, 6.07) is 0. The topological polar surface area (TPSA) is 111 Å². The van der Waals surface area contributed by atoms with Crippen molar-refractivity contribution in [3.8, 4) is 0 Å². The van der Waals surface area contributed by atoms with Gasteiger partial charge in [0, 0.05) is 13.1 Å². The van der Waals surface area contributed by atoms with Crippen molar-refractivity contribution in [2.24, 2.45) is 0 Å². The van der Waals surface area contributed by atoms with E-state index in [-0.39, 0.29) is 11.1 Å². The summed E-state index contributed by atoms with van der Waals surface area (Å²) in [7, 11) is 0. The number of hydrogen-bond acceptors (Lipinski definition) is 7. The number of tetrazole rings is 2. The summed E-state index contributed by atoms with van der Waals surface area (Å²) < 4.78 is 3.58. The molecule has 0 radical (unpaired) electrons. The van der Waals surface area contributed by atoms with Gasteiger partial charge in [0.25, 0.3) is 0 Å². The molecule has 0 aliphatic heterocycles. The Morgan fingerprint density at radius 2 is 1.27 bits per heavy atom. The molecule has 0 atom stereocenters. The maximum absolute atomic E-state index is 5.33. The van der Waals surface area contributed by atoms with Crippen LogP contribution >= 0.6 is 12.2 Å². The molecule has 11 heteroatoms. The highest BCUT2D eigenvalue weighted by molar-refractivity contribution is 7.80. The first-order valence-corrected chi connectivity index (χ1v) is 9.21. The average Bonchev–Trinajstić information content (AvgIpc) is 3.29. The van der Waals surface area contributed by atoms with Gasteiger partial charge in [0.2, 0.25) is 0 Å². The van der Waals surface area contributed by atoms with Gasteiger partial charge in [-0.05, 0) is 86.4 Å². The Morgan fingerprint density at radius 1 is 0.846 bits per heavy atom. The van der Waals surface area contributed by atoms with Gasteiger partial charge in [0.05, 0.1) is 11.1 Å². The van der Waals surface area contributed by atoms with E-state index in [2.05, 4.69) is 69.4 Å². The smallest absolute Gasteiger partial charge is 0.166 e. The zero-order chi connectivity index (χ0) is 19.0. The predicted molar refractivity (Wildman–Crippen MR) is 101 cm³/mol. The molecule has 0 aromatic carbocycles.